The fraction of sp³-hybridized carbons (Fsp3) is 0.450. The molecule has 4 nitrogen and oxygen atoms in total. The van der Waals surface area contributed by atoms with Crippen LogP contribution in [0.2, 0.25) is 0 Å². The maximum Gasteiger partial charge on any atom is 0.224 e. The van der Waals surface area contributed by atoms with E-state index in [9.17, 15) is 9.18 Å². The lowest BCUT2D eigenvalue weighted by Crippen LogP contribution is -2.46. The average Bonchev–Trinajstić information content (AvgIpc) is 3.09. The number of nitrogens with zero attached hydrogens (tertiary/aromatic N) is 1. The van der Waals surface area contributed by atoms with Crippen molar-refractivity contribution in [2.45, 2.75) is 38.9 Å². The number of nitrogens with one attached hydrogen (secondary N) is 1. The SMILES string of the molecule is CC(C)N(Cc1ccc(-c2ccccc2F)s1)C(=O)CC1COCCN1.Cl. The molecule has 2 aromatic rings. The quantitative estimate of drug-likeness (QED) is 0.776. The summed E-state index contributed by atoms with van der Waals surface area (Å²) in [6, 6.07) is 10.9. The molecule has 1 aromatic carbocycles. The van der Waals surface area contributed by atoms with E-state index in [0.29, 0.717) is 31.7 Å². The summed E-state index contributed by atoms with van der Waals surface area (Å²) < 4.78 is 19.4. The summed E-state index contributed by atoms with van der Waals surface area (Å²) >= 11 is 1.54. The van der Waals surface area contributed by atoms with Crippen LogP contribution in [-0.4, -0.2) is 42.6 Å². The Hall–Kier alpha value is -1.47. The number of carbonyl (C=O) groups excluding carboxylic acids is 1. The third-order valence-corrected chi connectivity index (χ3v) is 5.59. The van der Waals surface area contributed by atoms with Crippen LogP contribution >= 0.6 is 23.7 Å². The van der Waals surface area contributed by atoms with Crippen molar-refractivity contribution in [3.05, 3.63) is 47.1 Å². The Balaban J connectivity index is 0.00000261. The predicted octanol–water partition coefficient (Wildman–Crippen LogP) is 4.09. The Morgan fingerprint density at radius 3 is 2.78 bits per heavy atom. The van der Waals surface area contributed by atoms with Gasteiger partial charge in [-0.25, -0.2) is 4.39 Å². The van der Waals surface area contributed by atoms with Gasteiger partial charge in [-0.1, -0.05) is 18.2 Å². The number of benzene rings is 1. The molecule has 1 unspecified atom stereocenters. The zero-order valence-electron chi connectivity index (χ0n) is 15.6. The van der Waals surface area contributed by atoms with Crippen molar-refractivity contribution in [2.24, 2.45) is 0 Å². The van der Waals surface area contributed by atoms with Gasteiger partial charge < -0.3 is 15.0 Å². The third-order valence-electron chi connectivity index (χ3n) is 4.49. The van der Waals surface area contributed by atoms with Crippen molar-refractivity contribution in [3.63, 3.8) is 0 Å². The molecule has 27 heavy (non-hydrogen) atoms. The van der Waals surface area contributed by atoms with Crippen LogP contribution in [0.5, 0.6) is 0 Å². The van der Waals surface area contributed by atoms with E-state index in [-0.39, 0.29) is 36.2 Å². The van der Waals surface area contributed by atoms with Gasteiger partial charge in [0.15, 0.2) is 0 Å². The fourth-order valence-corrected chi connectivity index (χ4v) is 4.11. The normalized spacial score (nSPS) is 16.8. The summed E-state index contributed by atoms with van der Waals surface area (Å²) in [6.07, 6.45) is 0.434. The van der Waals surface area contributed by atoms with Crippen molar-refractivity contribution < 1.29 is 13.9 Å². The van der Waals surface area contributed by atoms with Gasteiger partial charge in [-0.15, -0.1) is 23.7 Å². The lowest BCUT2D eigenvalue weighted by molar-refractivity contribution is -0.134. The number of thiophene rings is 1. The summed E-state index contributed by atoms with van der Waals surface area (Å²) in [4.78, 5) is 16.6. The number of morpholine rings is 1. The van der Waals surface area contributed by atoms with Gasteiger partial charge >= 0.3 is 0 Å². The second kappa shape index (κ2) is 10.2. The Bertz CT molecular complexity index is 747. The zero-order chi connectivity index (χ0) is 18.5. The molecule has 1 N–H and O–H groups in total. The van der Waals surface area contributed by atoms with Crippen LogP contribution < -0.4 is 5.32 Å². The van der Waals surface area contributed by atoms with Crippen molar-refractivity contribution in [1.82, 2.24) is 10.2 Å². The highest BCUT2D eigenvalue weighted by atomic mass is 35.5. The molecule has 0 bridgehead atoms. The molecule has 1 amide bonds. The van der Waals surface area contributed by atoms with Gasteiger partial charge in [0.2, 0.25) is 5.91 Å². The molecule has 3 rings (SSSR count). The van der Waals surface area contributed by atoms with Crippen molar-refractivity contribution >= 4 is 29.7 Å². The standard InChI is InChI=1S/C20H25FN2O2S.ClH/c1-14(2)23(20(24)11-15-13-25-10-9-22-15)12-16-7-8-19(26-16)17-5-3-4-6-18(17)21;/h3-8,14-15,22H,9-13H2,1-2H3;1H. The summed E-state index contributed by atoms with van der Waals surface area (Å²) in [5.74, 6) is -0.107. The van der Waals surface area contributed by atoms with Gasteiger partial charge in [-0.2, -0.15) is 0 Å². The molecule has 1 saturated heterocycles. The first kappa shape index (κ1) is 21.8. The van der Waals surface area contributed by atoms with E-state index in [4.69, 9.17) is 4.74 Å². The van der Waals surface area contributed by atoms with Gasteiger partial charge in [0.25, 0.3) is 0 Å². The number of rotatable bonds is 6. The van der Waals surface area contributed by atoms with E-state index in [1.54, 1.807) is 12.1 Å². The molecule has 2 heterocycles. The van der Waals surface area contributed by atoms with Gasteiger partial charge in [-0.3, -0.25) is 4.79 Å². The predicted molar refractivity (Wildman–Crippen MR) is 110 cm³/mol. The third kappa shape index (κ3) is 5.75. The van der Waals surface area contributed by atoms with Crippen LogP contribution in [-0.2, 0) is 16.1 Å². The van der Waals surface area contributed by atoms with Crippen LogP contribution in [0.25, 0.3) is 10.4 Å². The molecule has 0 spiro atoms. The summed E-state index contributed by atoms with van der Waals surface area (Å²) in [7, 11) is 0. The zero-order valence-corrected chi connectivity index (χ0v) is 17.2. The smallest absolute Gasteiger partial charge is 0.224 e. The minimum absolute atomic E-state index is 0. The van der Waals surface area contributed by atoms with E-state index in [0.717, 1.165) is 16.3 Å². The fourth-order valence-electron chi connectivity index (χ4n) is 3.07. The van der Waals surface area contributed by atoms with Gasteiger partial charge in [0.05, 0.1) is 19.8 Å². The molecule has 1 aliphatic heterocycles. The lowest BCUT2D eigenvalue weighted by atomic mass is 10.1. The first-order chi connectivity index (χ1) is 12.5. The van der Waals surface area contributed by atoms with Gasteiger partial charge in [0, 0.05) is 40.4 Å². The molecule has 0 saturated carbocycles. The van der Waals surface area contributed by atoms with E-state index in [1.807, 2.05) is 36.9 Å². The molecule has 148 valence electrons. The number of ether oxygens (including phenoxy) is 1. The van der Waals surface area contributed by atoms with E-state index in [2.05, 4.69) is 5.32 Å². The first-order valence-corrected chi connectivity index (χ1v) is 9.80. The number of carbonyl (C=O) groups is 1. The maximum absolute atomic E-state index is 14.0. The van der Waals surface area contributed by atoms with Crippen molar-refractivity contribution in [3.8, 4) is 10.4 Å². The molecule has 1 aromatic heterocycles. The number of hydrogen-bond donors (Lipinski definition) is 1. The number of hydrogen-bond acceptors (Lipinski definition) is 4. The van der Waals surface area contributed by atoms with Crippen LogP contribution in [0.15, 0.2) is 36.4 Å². The molecule has 1 fully saturated rings. The largest absolute Gasteiger partial charge is 0.378 e. The number of amides is 1. The molecule has 0 radical (unpaired) electrons. The first-order valence-electron chi connectivity index (χ1n) is 8.99. The van der Waals surface area contributed by atoms with E-state index < -0.39 is 0 Å². The van der Waals surface area contributed by atoms with Crippen LogP contribution in [0.1, 0.15) is 25.1 Å². The minimum Gasteiger partial charge on any atom is -0.378 e. The van der Waals surface area contributed by atoms with E-state index >= 15 is 0 Å². The average molecular weight is 413 g/mol. The molecule has 0 aliphatic carbocycles. The highest BCUT2D eigenvalue weighted by Gasteiger charge is 2.23. The Morgan fingerprint density at radius 2 is 2.11 bits per heavy atom. The maximum atomic E-state index is 14.0. The monoisotopic (exact) mass is 412 g/mol. The van der Waals surface area contributed by atoms with Crippen molar-refractivity contribution in [2.75, 3.05) is 19.8 Å². The summed E-state index contributed by atoms with van der Waals surface area (Å²) in [6.45, 7) is 6.66. The minimum atomic E-state index is -0.221. The van der Waals surface area contributed by atoms with Crippen LogP contribution in [0.3, 0.4) is 0 Å². The summed E-state index contributed by atoms with van der Waals surface area (Å²) in [5.41, 5.74) is 0.606. The molecule has 1 atom stereocenters. The highest BCUT2D eigenvalue weighted by Crippen LogP contribution is 2.31. The van der Waals surface area contributed by atoms with Crippen LogP contribution in [0, 0.1) is 5.82 Å². The second-order valence-corrected chi connectivity index (χ2v) is 7.96. The Labute approximate surface area is 170 Å². The Morgan fingerprint density at radius 1 is 1.33 bits per heavy atom. The molecular formula is C20H26ClFN2O2S. The molecular weight excluding hydrogens is 387 g/mol. The lowest BCUT2D eigenvalue weighted by Gasteiger charge is -2.30. The van der Waals surface area contributed by atoms with Crippen LogP contribution in [0.4, 0.5) is 4.39 Å². The molecule has 7 heteroatoms. The second-order valence-electron chi connectivity index (χ2n) is 6.79. The molecule has 1 aliphatic rings. The van der Waals surface area contributed by atoms with Gasteiger partial charge in [0.1, 0.15) is 5.82 Å². The topological polar surface area (TPSA) is 41.6 Å². The Kier molecular flexibility index (Phi) is 8.23. The van der Waals surface area contributed by atoms with Gasteiger partial charge in [-0.05, 0) is 32.0 Å². The summed E-state index contributed by atoms with van der Waals surface area (Å²) in [5, 5.41) is 3.33. The van der Waals surface area contributed by atoms with E-state index in [1.165, 1.54) is 17.4 Å². The highest BCUT2D eigenvalue weighted by molar-refractivity contribution is 7.15. The van der Waals surface area contributed by atoms with Crippen molar-refractivity contribution in [1.29, 1.82) is 0 Å². The number of halogens is 2.